The van der Waals surface area contributed by atoms with Crippen LogP contribution < -0.4 is 9.47 Å². The van der Waals surface area contributed by atoms with Gasteiger partial charge in [0.1, 0.15) is 5.75 Å². The molecule has 1 aromatic heterocycles. The molecule has 0 radical (unpaired) electrons. The molecular formula is C13H14N2O3. The van der Waals surface area contributed by atoms with E-state index in [0.29, 0.717) is 11.6 Å². The maximum atomic E-state index is 9.39. The summed E-state index contributed by atoms with van der Waals surface area (Å²) in [6.07, 6.45) is 1.07. The molecule has 0 saturated heterocycles. The van der Waals surface area contributed by atoms with Crippen molar-refractivity contribution in [2.24, 2.45) is 0 Å². The molecule has 0 aliphatic heterocycles. The first-order valence-electron chi connectivity index (χ1n) is 5.52. The number of aliphatic hydroxyl groups is 1. The summed E-state index contributed by atoms with van der Waals surface area (Å²) >= 11 is 0. The lowest BCUT2D eigenvalue weighted by molar-refractivity contribution is 0.199. The molecule has 1 aromatic carbocycles. The van der Waals surface area contributed by atoms with Crippen molar-refractivity contribution in [2.75, 3.05) is 7.11 Å². The molecule has 18 heavy (non-hydrogen) atoms. The average molecular weight is 246 g/mol. The minimum atomic E-state index is -0.493. The maximum Gasteiger partial charge on any atom is 0.325 e. The highest BCUT2D eigenvalue weighted by Gasteiger charge is 2.04. The van der Waals surface area contributed by atoms with Crippen molar-refractivity contribution in [3.63, 3.8) is 0 Å². The van der Waals surface area contributed by atoms with Gasteiger partial charge in [0, 0.05) is 12.3 Å². The monoisotopic (exact) mass is 246 g/mol. The van der Waals surface area contributed by atoms with E-state index in [1.165, 1.54) is 7.11 Å². The van der Waals surface area contributed by atoms with Crippen molar-refractivity contribution in [2.45, 2.75) is 13.0 Å². The van der Waals surface area contributed by atoms with Crippen LogP contribution in [0.3, 0.4) is 0 Å². The third-order valence-electron chi connectivity index (χ3n) is 2.39. The number of hydrogen-bond acceptors (Lipinski definition) is 5. The Balaban J connectivity index is 2.13. The third kappa shape index (κ3) is 2.95. The molecule has 1 atom stereocenters. The first-order chi connectivity index (χ1) is 8.69. The lowest BCUT2D eigenvalue weighted by Crippen LogP contribution is -1.95. The van der Waals surface area contributed by atoms with Crippen LogP contribution in [0.1, 0.15) is 18.6 Å². The van der Waals surface area contributed by atoms with E-state index in [-0.39, 0.29) is 6.01 Å². The normalized spacial score (nSPS) is 11.9. The lowest BCUT2D eigenvalue weighted by atomic mass is 10.1. The van der Waals surface area contributed by atoms with Gasteiger partial charge in [0.2, 0.25) is 5.88 Å². The minimum absolute atomic E-state index is 0.221. The molecule has 0 fully saturated rings. The van der Waals surface area contributed by atoms with Gasteiger partial charge in [0.05, 0.1) is 13.2 Å². The third-order valence-corrected chi connectivity index (χ3v) is 2.39. The molecule has 0 amide bonds. The van der Waals surface area contributed by atoms with Crippen molar-refractivity contribution in [1.82, 2.24) is 9.97 Å². The van der Waals surface area contributed by atoms with Crippen LogP contribution in [0.15, 0.2) is 36.5 Å². The molecule has 0 saturated carbocycles. The Hall–Kier alpha value is -2.14. The van der Waals surface area contributed by atoms with Gasteiger partial charge in [-0.2, -0.15) is 4.98 Å². The summed E-state index contributed by atoms with van der Waals surface area (Å²) in [4.78, 5) is 8.02. The Kier molecular flexibility index (Phi) is 3.74. The summed E-state index contributed by atoms with van der Waals surface area (Å²) in [6.45, 7) is 1.71. The Labute approximate surface area is 105 Å². The summed E-state index contributed by atoms with van der Waals surface area (Å²) in [6, 6.07) is 8.96. The number of benzene rings is 1. The highest BCUT2D eigenvalue weighted by atomic mass is 16.5. The van der Waals surface area contributed by atoms with Gasteiger partial charge < -0.3 is 14.6 Å². The molecule has 5 nitrogen and oxygen atoms in total. The number of hydrogen-bond donors (Lipinski definition) is 1. The summed E-state index contributed by atoms with van der Waals surface area (Å²) in [5, 5.41) is 9.39. The van der Waals surface area contributed by atoms with Crippen LogP contribution >= 0.6 is 0 Å². The van der Waals surface area contributed by atoms with Crippen molar-refractivity contribution < 1.29 is 14.6 Å². The number of nitrogens with zero attached hydrogens (tertiary/aromatic N) is 2. The number of aromatic nitrogens is 2. The van der Waals surface area contributed by atoms with Crippen molar-refractivity contribution in [3.05, 3.63) is 42.1 Å². The van der Waals surface area contributed by atoms with Gasteiger partial charge in [-0.15, -0.1) is 0 Å². The van der Waals surface area contributed by atoms with Gasteiger partial charge in [0.15, 0.2) is 0 Å². The van der Waals surface area contributed by atoms with Gasteiger partial charge in [-0.1, -0.05) is 12.1 Å². The van der Waals surface area contributed by atoms with E-state index in [1.54, 1.807) is 43.5 Å². The van der Waals surface area contributed by atoms with Crippen LogP contribution in [-0.2, 0) is 0 Å². The van der Waals surface area contributed by atoms with Crippen LogP contribution in [0.4, 0.5) is 0 Å². The second-order valence-corrected chi connectivity index (χ2v) is 3.73. The molecule has 2 aromatic rings. The SMILES string of the molecule is COc1ccnc(Oc2ccc([C@H](C)O)cc2)n1. The topological polar surface area (TPSA) is 64.5 Å². The predicted octanol–water partition coefficient (Wildman–Crippen LogP) is 2.33. The fourth-order valence-corrected chi connectivity index (χ4v) is 1.41. The zero-order chi connectivity index (χ0) is 13.0. The molecule has 0 aliphatic rings. The van der Waals surface area contributed by atoms with Crippen LogP contribution in [-0.4, -0.2) is 22.2 Å². The second-order valence-electron chi connectivity index (χ2n) is 3.73. The highest BCUT2D eigenvalue weighted by Crippen LogP contribution is 2.21. The van der Waals surface area contributed by atoms with Crippen LogP contribution in [0.25, 0.3) is 0 Å². The maximum absolute atomic E-state index is 9.39. The molecule has 0 unspecified atom stereocenters. The fourth-order valence-electron chi connectivity index (χ4n) is 1.41. The Morgan fingerprint density at radius 2 is 1.89 bits per heavy atom. The van der Waals surface area contributed by atoms with E-state index in [4.69, 9.17) is 9.47 Å². The number of aliphatic hydroxyl groups excluding tert-OH is 1. The van der Waals surface area contributed by atoms with Crippen LogP contribution in [0.2, 0.25) is 0 Å². The van der Waals surface area contributed by atoms with Gasteiger partial charge in [-0.3, -0.25) is 0 Å². The standard InChI is InChI=1S/C13H14N2O3/c1-9(16)10-3-5-11(6-4-10)18-13-14-8-7-12(15-13)17-2/h3-9,16H,1-2H3/t9-/m0/s1. The zero-order valence-corrected chi connectivity index (χ0v) is 10.2. The summed E-state index contributed by atoms with van der Waals surface area (Å²) in [7, 11) is 1.53. The number of rotatable bonds is 4. The molecule has 94 valence electrons. The number of methoxy groups -OCH3 is 1. The lowest BCUT2D eigenvalue weighted by Gasteiger charge is -2.07. The fraction of sp³-hybridized carbons (Fsp3) is 0.231. The Morgan fingerprint density at radius 3 is 2.50 bits per heavy atom. The molecular weight excluding hydrogens is 232 g/mol. The molecule has 5 heteroatoms. The van der Waals surface area contributed by atoms with Crippen molar-refractivity contribution in [1.29, 1.82) is 0 Å². The van der Waals surface area contributed by atoms with Gasteiger partial charge in [-0.25, -0.2) is 4.98 Å². The second kappa shape index (κ2) is 5.46. The van der Waals surface area contributed by atoms with Gasteiger partial charge >= 0.3 is 6.01 Å². The van der Waals surface area contributed by atoms with Gasteiger partial charge in [-0.05, 0) is 24.6 Å². The quantitative estimate of drug-likeness (QED) is 0.896. The summed E-state index contributed by atoms with van der Waals surface area (Å²) < 4.78 is 10.5. The van der Waals surface area contributed by atoms with E-state index in [1.807, 2.05) is 0 Å². The largest absolute Gasteiger partial charge is 0.481 e. The Morgan fingerprint density at radius 1 is 1.17 bits per heavy atom. The molecule has 1 heterocycles. The molecule has 2 rings (SSSR count). The average Bonchev–Trinajstić information content (AvgIpc) is 2.39. The van der Waals surface area contributed by atoms with E-state index < -0.39 is 6.10 Å². The minimum Gasteiger partial charge on any atom is -0.481 e. The van der Waals surface area contributed by atoms with E-state index in [9.17, 15) is 5.11 Å². The van der Waals surface area contributed by atoms with Crippen LogP contribution in [0.5, 0.6) is 17.6 Å². The highest BCUT2D eigenvalue weighted by molar-refractivity contribution is 5.30. The van der Waals surface area contributed by atoms with Crippen molar-refractivity contribution in [3.8, 4) is 17.6 Å². The van der Waals surface area contributed by atoms with E-state index >= 15 is 0 Å². The Bertz CT molecular complexity index is 512. The van der Waals surface area contributed by atoms with Crippen LogP contribution in [0, 0.1) is 0 Å². The molecule has 0 aliphatic carbocycles. The molecule has 0 spiro atoms. The van der Waals surface area contributed by atoms with Gasteiger partial charge in [0.25, 0.3) is 0 Å². The first-order valence-corrected chi connectivity index (χ1v) is 5.52. The van der Waals surface area contributed by atoms with Crippen molar-refractivity contribution >= 4 is 0 Å². The smallest absolute Gasteiger partial charge is 0.325 e. The molecule has 0 bridgehead atoms. The first kappa shape index (κ1) is 12.3. The predicted molar refractivity (Wildman–Crippen MR) is 65.7 cm³/mol. The summed E-state index contributed by atoms with van der Waals surface area (Å²) in [5.41, 5.74) is 0.828. The van der Waals surface area contributed by atoms with E-state index in [0.717, 1.165) is 5.56 Å². The zero-order valence-electron chi connectivity index (χ0n) is 10.2. The van der Waals surface area contributed by atoms with E-state index in [2.05, 4.69) is 9.97 Å². The number of ether oxygens (including phenoxy) is 2. The summed E-state index contributed by atoms with van der Waals surface area (Å²) in [5.74, 6) is 1.05. The molecule has 1 N–H and O–H groups in total.